The number of carboxylic acids is 1. The second-order valence-electron chi connectivity index (χ2n) is 4.79. The Labute approximate surface area is 95.7 Å². The molecule has 3 heteroatoms. The van der Waals surface area contributed by atoms with Crippen LogP contribution >= 0.6 is 0 Å². The lowest BCUT2D eigenvalue weighted by Crippen LogP contribution is -2.33. The fraction of sp³-hybridized carbons (Fsp3) is 0.462. The molecule has 2 N–H and O–H groups in total. The fourth-order valence-corrected chi connectivity index (χ4v) is 1.99. The third-order valence-electron chi connectivity index (χ3n) is 2.77. The normalized spacial score (nSPS) is 14.8. The first-order chi connectivity index (χ1) is 7.36. The number of rotatable bonds is 4. The Morgan fingerprint density at radius 2 is 2.06 bits per heavy atom. The molecular formula is C13H18O3. The Morgan fingerprint density at radius 1 is 1.44 bits per heavy atom. The van der Waals surface area contributed by atoms with Gasteiger partial charge in [-0.2, -0.15) is 0 Å². The van der Waals surface area contributed by atoms with Gasteiger partial charge in [0.1, 0.15) is 5.75 Å². The second-order valence-corrected chi connectivity index (χ2v) is 4.79. The van der Waals surface area contributed by atoms with Crippen molar-refractivity contribution in [3.05, 3.63) is 29.8 Å². The van der Waals surface area contributed by atoms with Gasteiger partial charge < -0.3 is 10.2 Å². The monoisotopic (exact) mass is 222 g/mol. The number of carboxylic acid groups (broad SMARTS) is 1. The van der Waals surface area contributed by atoms with Crippen LogP contribution in [0, 0.1) is 5.92 Å². The molecule has 0 saturated carbocycles. The van der Waals surface area contributed by atoms with Crippen molar-refractivity contribution in [1.82, 2.24) is 0 Å². The Bertz CT molecular complexity index is 385. The Kier molecular flexibility index (Phi) is 3.58. The van der Waals surface area contributed by atoms with Crippen molar-refractivity contribution in [1.29, 1.82) is 0 Å². The molecule has 1 aromatic carbocycles. The molecule has 0 bridgehead atoms. The van der Waals surface area contributed by atoms with Gasteiger partial charge >= 0.3 is 5.97 Å². The number of benzene rings is 1. The highest BCUT2D eigenvalue weighted by Gasteiger charge is 2.35. The van der Waals surface area contributed by atoms with E-state index in [9.17, 15) is 15.0 Å². The number of phenolic OH excluding ortho intramolecular Hbond substituents is 1. The molecule has 1 aromatic rings. The van der Waals surface area contributed by atoms with E-state index < -0.39 is 11.4 Å². The second kappa shape index (κ2) is 4.56. The SMILES string of the molecule is CC(C)CC(C)(C(=O)O)c1cccc(O)c1. The van der Waals surface area contributed by atoms with Crippen LogP contribution in [0.25, 0.3) is 0 Å². The van der Waals surface area contributed by atoms with E-state index in [2.05, 4.69) is 0 Å². The van der Waals surface area contributed by atoms with Gasteiger partial charge in [-0.3, -0.25) is 4.79 Å². The van der Waals surface area contributed by atoms with E-state index in [1.54, 1.807) is 25.1 Å². The van der Waals surface area contributed by atoms with Crippen LogP contribution in [0.1, 0.15) is 32.8 Å². The van der Waals surface area contributed by atoms with E-state index in [0.29, 0.717) is 12.0 Å². The maximum absolute atomic E-state index is 11.4. The molecule has 0 heterocycles. The standard InChI is InChI=1S/C13H18O3/c1-9(2)8-13(3,12(15)16)10-5-4-6-11(14)7-10/h4-7,9,14H,8H2,1-3H3,(H,15,16). The summed E-state index contributed by atoms with van der Waals surface area (Å²) in [6.07, 6.45) is 0.547. The van der Waals surface area contributed by atoms with Crippen molar-refractivity contribution in [3.8, 4) is 5.75 Å². The molecule has 0 fully saturated rings. The summed E-state index contributed by atoms with van der Waals surface area (Å²) in [7, 11) is 0. The molecule has 3 nitrogen and oxygen atoms in total. The zero-order valence-electron chi connectivity index (χ0n) is 9.90. The van der Waals surface area contributed by atoms with Crippen LogP contribution in [0.3, 0.4) is 0 Å². The van der Waals surface area contributed by atoms with E-state index in [1.807, 2.05) is 13.8 Å². The summed E-state index contributed by atoms with van der Waals surface area (Å²) in [6, 6.07) is 6.49. The van der Waals surface area contributed by atoms with Crippen molar-refractivity contribution in [2.24, 2.45) is 5.92 Å². The van der Waals surface area contributed by atoms with Gasteiger partial charge in [-0.1, -0.05) is 26.0 Å². The molecule has 16 heavy (non-hydrogen) atoms. The zero-order chi connectivity index (χ0) is 12.3. The summed E-state index contributed by atoms with van der Waals surface area (Å²) in [4.78, 5) is 11.4. The van der Waals surface area contributed by atoms with Crippen molar-refractivity contribution in [3.63, 3.8) is 0 Å². The van der Waals surface area contributed by atoms with Crippen LogP contribution in [0.15, 0.2) is 24.3 Å². The van der Waals surface area contributed by atoms with Crippen LogP contribution in [-0.2, 0) is 10.2 Å². The summed E-state index contributed by atoms with van der Waals surface area (Å²) >= 11 is 0. The van der Waals surface area contributed by atoms with Crippen LogP contribution in [0.5, 0.6) is 5.75 Å². The smallest absolute Gasteiger partial charge is 0.313 e. The van der Waals surface area contributed by atoms with Crippen LogP contribution in [0.2, 0.25) is 0 Å². The first-order valence-corrected chi connectivity index (χ1v) is 5.39. The molecule has 0 aromatic heterocycles. The van der Waals surface area contributed by atoms with E-state index in [0.717, 1.165) is 0 Å². The molecule has 0 radical (unpaired) electrons. The largest absolute Gasteiger partial charge is 0.508 e. The van der Waals surface area contributed by atoms with Crippen LogP contribution in [0.4, 0.5) is 0 Å². The van der Waals surface area contributed by atoms with Gasteiger partial charge in [-0.05, 0) is 37.0 Å². The fourth-order valence-electron chi connectivity index (χ4n) is 1.99. The van der Waals surface area contributed by atoms with Crippen molar-refractivity contribution in [2.75, 3.05) is 0 Å². The molecule has 0 amide bonds. The highest BCUT2D eigenvalue weighted by Crippen LogP contribution is 2.32. The molecule has 0 aliphatic carbocycles. The minimum atomic E-state index is -0.938. The van der Waals surface area contributed by atoms with Crippen molar-refractivity contribution >= 4 is 5.97 Å². The molecule has 0 saturated heterocycles. The third-order valence-corrected chi connectivity index (χ3v) is 2.77. The molecule has 0 spiro atoms. The maximum atomic E-state index is 11.4. The molecule has 0 aliphatic rings. The average molecular weight is 222 g/mol. The molecule has 1 unspecified atom stereocenters. The summed E-state index contributed by atoms with van der Waals surface area (Å²) < 4.78 is 0. The van der Waals surface area contributed by atoms with Crippen molar-refractivity contribution < 1.29 is 15.0 Å². The topological polar surface area (TPSA) is 57.5 Å². The molecule has 1 atom stereocenters. The highest BCUT2D eigenvalue weighted by molar-refractivity contribution is 5.81. The van der Waals surface area contributed by atoms with Crippen LogP contribution in [-0.4, -0.2) is 16.2 Å². The van der Waals surface area contributed by atoms with Gasteiger partial charge in [-0.25, -0.2) is 0 Å². The number of phenols is 1. The first-order valence-electron chi connectivity index (χ1n) is 5.39. The van der Waals surface area contributed by atoms with Gasteiger partial charge in [0.2, 0.25) is 0 Å². The van der Waals surface area contributed by atoms with E-state index >= 15 is 0 Å². The Morgan fingerprint density at radius 3 is 2.50 bits per heavy atom. The minimum absolute atomic E-state index is 0.105. The van der Waals surface area contributed by atoms with Gasteiger partial charge in [0, 0.05) is 0 Å². The van der Waals surface area contributed by atoms with Crippen LogP contribution < -0.4 is 0 Å². The summed E-state index contributed by atoms with van der Waals surface area (Å²) in [5.74, 6) is -0.469. The van der Waals surface area contributed by atoms with E-state index in [4.69, 9.17) is 0 Å². The van der Waals surface area contributed by atoms with E-state index in [1.165, 1.54) is 6.07 Å². The quantitative estimate of drug-likeness (QED) is 0.823. The molecule has 1 rings (SSSR count). The first kappa shape index (κ1) is 12.6. The lowest BCUT2D eigenvalue weighted by atomic mass is 9.76. The predicted octanol–water partition coefficient (Wildman–Crippen LogP) is 2.78. The molecule has 0 aliphatic heterocycles. The Hall–Kier alpha value is -1.51. The third kappa shape index (κ3) is 2.54. The molecule has 88 valence electrons. The van der Waals surface area contributed by atoms with Gasteiger partial charge in [-0.15, -0.1) is 0 Å². The van der Waals surface area contributed by atoms with Crippen molar-refractivity contribution in [2.45, 2.75) is 32.6 Å². The highest BCUT2D eigenvalue weighted by atomic mass is 16.4. The zero-order valence-corrected chi connectivity index (χ0v) is 9.90. The summed E-state index contributed by atoms with van der Waals surface area (Å²) in [5, 5.41) is 18.7. The number of aliphatic carboxylic acids is 1. The number of aromatic hydroxyl groups is 1. The van der Waals surface area contributed by atoms with Gasteiger partial charge in [0.25, 0.3) is 0 Å². The molecular weight excluding hydrogens is 204 g/mol. The number of hydrogen-bond acceptors (Lipinski definition) is 2. The Balaban J connectivity index is 3.16. The number of carbonyl (C=O) groups is 1. The van der Waals surface area contributed by atoms with Gasteiger partial charge in [0.15, 0.2) is 0 Å². The lowest BCUT2D eigenvalue weighted by molar-refractivity contribution is -0.143. The maximum Gasteiger partial charge on any atom is 0.313 e. The van der Waals surface area contributed by atoms with Gasteiger partial charge in [0.05, 0.1) is 5.41 Å². The predicted molar refractivity (Wildman–Crippen MR) is 62.5 cm³/mol. The lowest BCUT2D eigenvalue weighted by Gasteiger charge is -2.27. The minimum Gasteiger partial charge on any atom is -0.508 e. The average Bonchev–Trinajstić information content (AvgIpc) is 2.16. The van der Waals surface area contributed by atoms with E-state index in [-0.39, 0.29) is 11.7 Å². The summed E-state index contributed by atoms with van der Waals surface area (Å²) in [5.41, 5.74) is -0.291. The summed E-state index contributed by atoms with van der Waals surface area (Å²) in [6.45, 7) is 5.68. The number of hydrogen-bond donors (Lipinski definition) is 2.